The average molecular weight is 325 g/mol. The minimum absolute atomic E-state index is 0.152. The van der Waals surface area contributed by atoms with Crippen LogP contribution < -0.4 is 4.72 Å². The SMILES string of the molecule is O=S(=O)(Nc1ccc2sccc2c1)c1csc(CO)c1. The number of thiophene rings is 2. The smallest absolute Gasteiger partial charge is 0.262 e. The Hall–Kier alpha value is -1.41. The van der Waals surface area contributed by atoms with Crippen LogP contribution in [0.15, 0.2) is 46.0 Å². The van der Waals surface area contributed by atoms with Crippen molar-refractivity contribution in [3.05, 3.63) is 46.0 Å². The van der Waals surface area contributed by atoms with Gasteiger partial charge in [-0.25, -0.2) is 8.42 Å². The Morgan fingerprint density at radius 1 is 1.15 bits per heavy atom. The topological polar surface area (TPSA) is 66.4 Å². The van der Waals surface area contributed by atoms with E-state index < -0.39 is 10.0 Å². The fraction of sp³-hybridized carbons (Fsp3) is 0.0769. The van der Waals surface area contributed by atoms with Gasteiger partial charge < -0.3 is 5.11 Å². The van der Waals surface area contributed by atoms with E-state index in [0.717, 1.165) is 10.1 Å². The van der Waals surface area contributed by atoms with E-state index in [4.69, 9.17) is 5.11 Å². The van der Waals surface area contributed by atoms with Crippen molar-refractivity contribution >= 4 is 48.5 Å². The molecule has 0 saturated heterocycles. The second-order valence-electron chi connectivity index (χ2n) is 4.19. The Morgan fingerprint density at radius 2 is 2.00 bits per heavy atom. The highest BCUT2D eigenvalue weighted by Crippen LogP contribution is 2.26. The zero-order chi connectivity index (χ0) is 14.2. The monoisotopic (exact) mass is 325 g/mol. The lowest BCUT2D eigenvalue weighted by atomic mass is 10.2. The Bertz CT molecular complexity index is 849. The number of aliphatic hydroxyl groups is 1. The lowest BCUT2D eigenvalue weighted by Gasteiger charge is -2.06. The first kappa shape index (κ1) is 13.6. The molecule has 1 aromatic carbocycles. The van der Waals surface area contributed by atoms with Crippen LogP contribution in [-0.2, 0) is 16.6 Å². The van der Waals surface area contributed by atoms with Gasteiger partial charge in [-0.05, 0) is 41.1 Å². The van der Waals surface area contributed by atoms with Crippen LogP contribution in [0.2, 0.25) is 0 Å². The van der Waals surface area contributed by atoms with Gasteiger partial charge in [0.2, 0.25) is 0 Å². The van der Waals surface area contributed by atoms with Crippen LogP contribution in [0, 0.1) is 0 Å². The molecule has 2 N–H and O–H groups in total. The van der Waals surface area contributed by atoms with Crippen LogP contribution >= 0.6 is 22.7 Å². The summed E-state index contributed by atoms with van der Waals surface area (Å²) in [6.07, 6.45) is 0. The minimum atomic E-state index is -3.60. The molecule has 7 heteroatoms. The van der Waals surface area contributed by atoms with Crippen molar-refractivity contribution in [3.8, 4) is 0 Å². The third-order valence-corrected chi connectivity index (χ3v) is 6.13. The van der Waals surface area contributed by atoms with E-state index in [1.165, 1.54) is 22.8 Å². The lowest BCUT2D eigenvalue weighted by Crippen LogP contribution is -2.11. The molecular formula is C13H11NO3S3. The summed E-state index contributed by atoms with van der Waals surface area (Å²) in [4.78, 5) is 0.802. The number of hydrogen-bond acceptors (Lipinski definition) is 5. The van der Waals surface area contributed by atoms with Crippen LogP contribution in [0.1, 0.15) is 4.88 Å². The highest BCUT2D eigenvalue weighted by atomic mass is 32.2. The van der Waals surface area contributed by atoms with Crippen molar-refractivity contribution in [3.63, 3.8) is 0 Å². The number of anilines is 1. The zero-order valence-corrected chi connectivity index (χ0v) is 12.7. The van der Waals surface area contributed by atoms with E-state index in [9.17, 15) is 8.42 Å². The summed E-state index contributed by atoms with van der Waals surface area (Å²) in [7, 11) is -3.60. The predicted octanol–water partition coefficient (Wildman–Crippen LogP) is 3.26. The summed E-state index contributed by atoms with van der Waals surface area (Å²) in [5.74, 6) is 0. The van der Waals surface area contributed by atoms with E-state index in [2.05, 4.69) is 4.72 Å². The molecule has 0 fully saturated rings. The molecule has 3 rings (SSSR count). The molecule has 104 valence electrons. The largest absolute Gasteiger partial charge is 0.391 e. The van der Waals surface area contributed by atoms with E-state index in [1.54, 1.807) is 17.4 Å². The normalized spacial score (nSPS) is 11.8. The molecule has 2 aromatic heterocycles. The van der Waals surface area contributed by atoms with Gasteiger partial charge in [0.15, 0.2) is 0 Å². The molecule has 4 nitrogen and oxygen atoms in total. The highest BCUT2D eigenvalue weighted by Gasteiger charge is 2.16. The van der Waals surface area contributed by atoms with Crippen LogP contribution in [0.5, 0.6) is 0 Å². The third-order valence-electron chi connectivity index (χ3n) is 2.80. The Balaban J connectivity index is 1.92. The maximum Gasteiger partial charge on any atom is 0.262 e. The number of rotatable bonds is 4. The highest BCUT2D eigenvalue weighted by molar-refractivity contribution is 7.92. The number of aliphatic hydroxyl groups excluding tert-OH is 1. The molecule has 0 radical (unpaired) electrons. The Morgan fingerprint density at radius 3 is 2.75 bits per heavy atom. The quantitative estimate of drug-likeness (QED) is 0.774. The fourth-order valence-corrected chi connectivity index (χ4v) is 4.78. The summed E-state index contributed by atoms with van der Waals surface area (Å²) in [5.41, 5.74) is 0.535. The first-order chi connectivity index (χ1) is 9.58. The summed E-state index contributed by atoms with van der Waals surface area (Å²) in [6, 6.07) is 8.88. The Labute approximate surface area is 124 Å². The van der Waals surface area contributed by atoms with Crippen molar-refractivity contribution in [2.75, 3.05) is 4.72 Å². The molecule has 0 aliphatic carbocycles. The maximum absolute atomic E-state index is 12.2. The predicted molar refractivity (Wildman–Crippen MR) is 82.9 cm³/mol. The first-order valence-electron chi connectivity index (χ1n) is 5.77. The van der Waals surface area contributed by atoms with Gasteiger partial charge in [-0.1, -0.05) is 0 Å². The summed E-state index contributed by atoms with van der Waals surface area (Å²) >= 11 is 2.84. The van der Waals surface area contributed by atoms with Crippen LogP contribution in [0.25, 0.3) is 10.1 Å². The molecule has 0 saturated carbocycles. The van der Waals surface area contributed by atoms with Gasteiger partial charge >= 0.3 is 0 Å². The second-order valence-corrected chi connectivity index (χ2v) is 7.81. The summed E-state index contributed by atoms with van der Waals surface area (Å²) < 4.78 is 28.1. The van der Waals surface area contributed by atoms with Gasteiger partial charge in [0.25, 0.3) is 10.0 Å². The van der Waals surface area contributed by atoms with Gasteiger partial charge in [0.1, 0.15) is 0 Å². The second kappa shape index (κ2) is 5.17. The number of benzene rings is 1. The summed E-state index contributed by atoms with van der Waals surface area (Å²) in [5, 5.41) is 13.5. The molecular weight excluding hydrogens is 314 g/mol. The number of nitrogens with one attached hydrogen (secondary N) is 1. The van der Waals surface area contributed by atoms with Crippen LogP contribution in [-0.4, -0.2) is 13.5 Å². The van der Waals surface area contributed by atoms with Gasteiger partial charge in [0.05, 0.1) is 11.5 Å². The summed E-state index contributed by atoms with van der Waals surface area (Å²) in [6.45, 7) is -0.152. The zero-order valence-electron chi connectivity index (χ0n) is 10.2. The molecule has 0 aliphatic rings. The van der Waals surface area contributed by atoms with Crippen LogP contribution in [0.4, 0.5) is 5.69 Å². The molecule has 0 atom stereocenters. The van der Waals surface area contributed by atoms with Gasteiger partial charge in [0, 0.05) is 20.6 Å². The molecule has 2 heterocycles. The molecule has 0 spiro atoms. The molecule has 20 heavy (non-hydrogen) atoms. The van der Waals surface area contributed by atoms with Crippen molar-refractivity contribution in [2.45, 2.75) is 11.5 Å². The van der Waals surface area contributed by atoms with E-state index in [0.29, 0.717) is 10.6 Å². The minimum Gasteiger partial charge on any atom is -0.391 e. The number of hydrogen-bond donors (Lipinski definition) is 2. The van der Waals surface area contributed by atoms with Crippen LogP contribution in [0.3, 0.4) is 0 Å². The molecule has 0 bridgehead atoms. The standard InChI is InChI=1S/C13H11NO3S3/c15-7-11-6-12(8-19-11)20(16,17)14-10-1-2-13-9(5-10)3-4-18-13/h1-6,8,14-15H,7H2. The third kappa shape index (κ3) is 2.57. The van der Waals surface area contributed by atoms with E-state index in [1.807, 2.05) is 23.6 Å². The van der Waals surface area contributed by atoms with Crippen molar-refractivity contribution in [1.29, 1.82) is 0 Å². The fourth-order valence-electron chi connectivity index (χ4n) is 1.83. The Kier molecular flexibility index (Phi) is 3.51. The average Bonchev–Trinajstić information content (AvgIpc) is 3.06. The molecule has 0 unspecified atom stereocenters. The van der Waals surface area contributed by atoms with Crippen molar-refractivity contribution in [1.82, 2.24) is 0 Å². The van der Waals surface area contributed by atoms with Crippen molar-refractivity contribution in [2.24, 2.45) is 0 Å². The molecule has 0 aliphatic heterocycles. The van der Waals surface area contributed by atoms with Crippen molar-refractivity contribution < 1.29 is 13.5 Å². The van der Waals surface area contributed by atoms with Gasteiger partial charge in [-0.15, -0.1) is 22.7 Å². The number of sulfonamides is 1. The maximum atomic E-state index is 12.2. The van der Waals surface area contributed by atoms with Gasteiger partial charge in [-0.3, -0.25) is 4.72 Å². The van der Waals surface area contributed by atoms with E-state index in [-0.39, 0.29) is 11.5 Å². The number of fused-ring (bicyclic) bond motifs is 1. The first-order valence-corrected chi connectivity index (χ1v) is 9.01. The van der Waals surface area contributed by atoms with Gasteiger partial charge in [-0.2, -0.15) is 0 Å². The lowest BCUT2D eigenvalue weighted by molar-refractivity contribution is 0.285. The molecule has 3 aromatic rings. The molecule has 0 amide bonds. The van der Waals surface area contributed by atoms with E-state index >= 15 is 0 Å².